The molecule has 10 heteroatoms. The highest BCUT2D eigenvalue weighted by Gasteiger charge is 2.24. The van der Waals surface area contributed by atoms with E-state index in [9.17, 15) is 13.2 Å². The van der Waals surface area contributed by atoms with Crippen LogP contribution in [0.15, 0.2) is 28.3 Å². The Morgan fingerprint density at radius 3 is 2.61 bits per heavy atom. The second kappa shape index (κ2) is 10.0. The Bertz CT molecular complexity index is 908. The summed E-state index contributed by atoms with van der Waals surface area (Å²) in [7, 11) is -3.60. The number of aryl methyl sites for hydroxylation is 2. The van der Waals surface area contributed by atoms with E-state index in [1.54, 1.807) is 32.9 Å². The van der Waals surface area contributed by atoms with Crippen LogP contribution in [0.1, 0.15) is 38.6 Å². The van der Waals surface area contributed by atoms with Crippen molar-refractivity contribution in [1.29, 1.82) is 0 Å². The number of carbonyl (C=O) groups excluding carboxylic acids is 1. The van der Waals surface area contributed by atoms with Gasteiger partial charge in [0.15, 0.2) is 0 Å². The van der Waals surface area contributed by atoms with Crippen molar-refractivity contribution in [3.05, 3.63) is 29.6 Å². The number of amides is 1. The number of hydrogen-bond acceptors (Lipinski definition) is 6. The van der Waals surface area contributed by atoms with Crippen molar-refractivity contribution >= 4 is 33.4 Å². The molecule has 2 aromatic rings. The highest BCUT2D eigenvalue weighted by Crippen LogP contribution is 2.24. The number of carbonyl (C=O) groups is 1. The fourth-order valence-corrected chi connectivity index (χ4v) is 5.00. The van der Waals surface area contributed by atoms with E-state index in [0.717, 1.165) is 18.7 Å². The second-order valence-electron chi connectivity index (χ2n) is 6.22. The molecule has 0 radical (unpaired) electrons. The first-order valence-corrected chi connectivity index (χ1v) is 11.7. The number of nitrogens with zero attached hydrogens (tertiary/aromatic N) is 3. The van der Waals surface area contributed by atoms with Crippen molar-refractivity contribution in [2.45, 2.75) is 50.6 Å². The van der Waals surface area contributed by atoms with E-state index in [-0.39, 0.29) is 16.6 Å². The molecular weight excluding hydrogens is 398 g/mol. The highest BCUT2D eigenvalue weighted by molar-refractivity contribution is 7.99. The molecular formula is C18H27N5O3S2. The molecule has 0 aliphatic carbocycles. The molecule has 0 spiro atoms. The molecule has 1 aromatic carbocycles. The molecule has 0 unspecified atom stereocenters. The van der Waals surface area contributed by atoms with E-state index < -0.39 is 10.0 Å². The molecule has 154 valence electrons. The Balaban J connectivity index is 2.06. The standard InChI is InChI=1S/C18H27N5O3S2/c1-5-8-16-20-18(22-21-16)27-12-17(24)19-14-10-9-13(4)15(11-14)28(25,26)23(6-2)7-3/h9-11H,5-8,12H2,1-4H3,(H,19,24)(H,20,21,22). The molecule has 0 aliphatic heterocycles. The second-order valence-corrected chi connectivity index (χ2v) is 9.07. The van der Waals surface area contributed by atoms with Crippen molar-refractivity contribution in [3.63, 3.8) is 0 Å². The van der Waals surface area contributed by atoms with Gasteiger partial charge in [-0.15, -0.1) is 5.10 Å². The van der Waals surface area contributed by atoms with Gasteiger partial charge in [-0.25, -0.2) is 13.4 Å². The van der Waals surface area contributed by atoms with Crippen molar-refractivity contribution < 1.29 is 13.2 Å². The first-order chi connectivity index (χ1) is 13.3. The number of thioether (sulfide) groups is 1. The van der Waals surface area contributed by atoms with Gasteiger partial charge in [-0.2, -0.15) is 4.31 Å². The lowest BCUT2D eigenvalue weighted by Gasteiger charge is -2.20. The molecule has 1 amide bonds. The molecule has 1 aromatic heterocycles. The lowest BCUT2D eigenvalue weighted by atomic mass is 10.2. The average molecular weight is 426 g/mol. The third-order valence-electron chi connectivity index (χ3n) is 4.13. The van der Waals surface area contributed by atoms with Gasteiger partial charge in [0.05, 0.1) is 10.6 Å². The zero-order valence-corrected chi connectivity index (χ0v) is 18.3. The number of sulfonamides is 1. The van der Waals surface area contributed by atoms with E-state index in [0.29, 0.717) is 29.5 Å². The van der Waals surface area contributed by atoms with Gasteiger partial charge < -0.3 is 5.32 Å². The Morgan fingerprint density at radius 1 is 1.25 bits per heavy atom. The molecule has 2 rings (SSSR count). The minimum absolute atomic E-state index is 0.134. The van der Waals surface area contributed by atoms with Gasteiger partial charge in [0.1, 0.15) is 5.82 Å². The summed E-state index contributed by atoms with van der Waals surface area (Å²) in [5.41, 5.74) is 1.09. The van der Waals surface area contributed by atoms with Crippen molar-refractivity contribution in [2.75, 3.05) is 24.2 Å². The summed E-state index contributed by atoms with van der Waals surface area (Å²) >= 11 is 1.23. The minimum Gasteiger partial charge on any atom is -0.325 e. The number of aromatic amines is 1. The monoisotopic (exact) mass is 425 g/mol. The first kappa shape index (κ1) is 22.4. The SMILES string of the molecule is CCCc1nc(SCC(=O)Nc2ccc(C)c(S(=O)(=O)N(CC)CC)c2)n[nH]1. The van der Waals surface area contributed by atoms with Gasteiger partial charge in [0, 0.05) is 25.2 Å². The molecule has 0 saturated carbocycles. The van der Waals surface area contributed by atoms with Gasteiger partial charge in [-0.3, -0.25) is 9.89 Å². The molecule has 0 bridgehead atoms. The molecule has 8 nitrogen and oxygen atoms in total. The lowest BCUT2D eigenvalue weighted by molar-refractivity contribution is -0.113. The van der Waals surface area contributed by atoms with Crippen LogP contribution in [0.5, 0.6) is 0 Å². The molecule has 0 aliphatic rings. The fourth-order valence-electron chi connectivity index (χ4n) is 2.68. The Hall–Kier alpha value is -1.91. The summed E-state index contributed by atoms with van der Waals surface area (Å²) in [5.74, 6) is 0.687. The summed E-state index contributed by atoms with van der Waals surface area (Å²) in [6.45, 7) is 8.18. The maximum Gasteiger partial charge on any atom is 0.243 e. The number of hydrogen-bond donors (Lipinski definition) is 2. The van der Waals surface area contributed by atoms with Crippen LogP contribution in [0.2, 0.25) is 0 Å². The molecule has 28 heavy (non-hydrogen) atoms. The first-order valence-electron chi connectivity index (χ1n) is 9.26. The lowest BCUT2D eigenvalue weighted by Crippen LogP contribution is -2.31. The summed E-state index contributed by atoms with van der Waals surface area (Å²) in [6.07, 6.45) is 1.78. The fraction of sp³-hybridized carbons (Fsp3) is 0.500. The van der Waals surface area contributed by atoms with Gasteiger partial charge in [-0.1, -0.05) is 38.6 Å². The number of H-pyrrole nitrogens is 1. The van der Waals surface area contributed by atoms with Gasteiger partial charge in [0.25, 0.3) is 0 Å². The van der Waals surface area contributed by atoms with Gasteiger partial charge in [0.2, 0.25) is 21.1 Å². The smallest absolute Gasteiger partial charge is 0.243 e. The van der Waals surface area contributed by atoms with Crippen molar-refractivity contribution in [3.8, 4) is 0 Å². The Kier molecular flexibility index (Phi) is 8.02. The number of benzene rings is 1. The number of aromatic nitrogens is 3. The average Bonchev–Trinajstić information content (AvgIpc) is 3.10. The van der Waals surface area contributed by atoms with Crippen LogP contribution in [0.25, 0.3) is 0 Å². The summed E-state index contributed by atoms with van der Waals surface area (Å²) in [4.78, 5) is 16.8. The summed E-state index contributed by atoms with van der Waals surface area (Å²) < 4.78 is 27.0. The quantitative estimate of drug-likeness (QED) is 0.567. The number of rotatable bonds is 10. The van der Waals surface area contributed by atoms with E-state index in [1.165, 1.54) is 22.1 Å². The van der Waals surface area contributed by atoms with Crippen LogP contribution in [-0.2, 0) is 21.2 Å². The normalized spacial score (nSPS) is 11.8. The van der Waals surface area contributed by atoms with E-state index in [4.69, 9.17) is 0 Å². The van der Waals surface area contributed by atoms with Gasteiger partial charge in [-0.05, 0) is 31.0 Å². The molecule has 1 heterocycles. The largest absolute Gasteiger partial charge is 0.325 e. The third kappa shape index (κ3) is 5.55. The summed E-state index contributed by atoms with van der Waals surface area (Å²) in [6, 6.07) is 4.91. The summed E-state index contributed by atoms with van der Waals surface area (Å²) in [5, 5.41) is 10.2. The minimum atomic E-state index is -3.60. The van der Waals surface area contributed by atoms with Crippen molar-refractivity contribution in [1.82, 2.24) is 19.5 Å². The van der Waals surface area contributed by atoms with Crippen molar-refractivity contribution in [2.24, 2.45) is 0 Å². The topological polar surface area (TPSA) is 108 Å². The molecule has 0 atom stereocenters. The number of anilines is 1. The van der Waals surface area contributed by atoms with Crippen LogP contribution in [0.3, 0.4) is 0 Å². The van der Waals surface area contributed by atoms with E-state index >= 15 is 0 Å². The maximum atomic E-state index is 12.8. The van der Waals surface area contributed by atoms with Crippen LogP contribution in [-0.4, -0.2) is 52.7 Å². The van der Waals surface area contributed by atoms with Crippen LogP contribution >= 0.6 is 11.8 Å². The van der Waals surface area contributed by atoms with E-state index in [1.807, 2.05) is 0 Å². The third-order valence-corrected chi connectivity index (χ3v) is 7.16. The molecule has 0 fully saturated rings. The van der Waals surface area contributed by atoms with Crippen LogP contribution in [0, 0.1) is 6.92 Å². The molecule has 2 N–H and O–H groups in total. The highest BCUT2D eigenvalue weighted by atomic mass is 32.2. The van der Waals surface area contributed by atoms with Crippen LogP contribution < -0.4 is 5.32 Å². The van der Waals surface area contributed by atoms with Gasteiger partial charge >= 0.3 is 0 Å². The zero-order valence-electron chi connectivity index (χ0n) is 16.7. The van der Waals surface area contributed by atoms with Crippen LogP contribution in [0.4, 0.5) is 5.69 Å². The predicted octanol–water partition coefficient (Wildman–Crippen LogP) is 2.83. The predicted molar refractivity (Wildman–Crippen MR) is 111 cm³/mol. The molecule has 0 saturated heterocycles. The zero-order chi connectivity index (χ0) is 20.7. The number of nitrogens with one attached hydrogen (secondary N) is 2. The maximum absolute atomic E-state index is 12.8. The van der Waals surface area contributed by atoms with E-state index in [2.05, 4.69) is 27.4 Å². The Labute approximate surface area is 170 Å². The Morgan fingerprint density at radius 2 is 1.96 bits per heavy atom.